The van der Waals surface area contributed by atoms with Crippen molar-refractivity contribution in [3.63, 3.8) is 0 Å². The van der Waals surface area contributed by atoms with Gasteiger partial charge in [-0.2, -0.15) is 4.98 Å². The van der Waals surface area contributed by atoms with Crippen LogP contribution in [0.25, 0.3) is 0 Å². The van der Waals surface area contributed by atoms with Crippen LogP contribution in [-0.2, 0) is 0 Å². The van der Waals surface area contributed by atoms with Gasteiger partial charge in [0.05, 0.1) is 7.11 Å². The molecule has 0 aliphatic rings. The molecule has 0 bridgehead atoms. The van der Waals surface area contributed by atoms with E-state index in [4.69, 9.17) is 27.8 Å². The summed E-state index contributed by atoms with van der Waals surface area (Å²) in [7, 11) is 1.43. The molecule has 104 valence electrons. The summed E-state index contributed by atoms with van der Waals surface area (Å²) in [4.78, 5) is 19.9. The van der Waals surface area contributed by atoms with Gasteiger partial charge in [0.1, 0.15) is 5.15 Å². The van der Waals surface area contributed by atoms with E-state index in [-0.39, 0.29) is 17.0 Å². The molecule has 5 N–H and O–H groups in total. The van der Waals surface area contributed by atoms with E-state index in [1.165, 1.54) is 25.3 Å². The number of carbonyl (C=O) groups excluding carboxylic acids is 1. The number of nitrogen functional groups attached to an aromatic ring is 2. The van der Waals surface area contributed by atoms with Gasteiger partial charge in [-0.25, -0.2) is 4.98 Å². The van der Waals surface area contributed by atoms with Crippen molar-refractivity contribution in [2.45, 2.75) is 0 Å². The number of hydrogen-bond acceptors (Lipinski definition) is 6. The molecule has 0 atom stereocenters. The lowest BCUT2D eigenvalue weighted by atomic mass is 10.1. The van der Waals surface area contributed by atoms with E-state index in [1.807, 2.05) is 0 Å². The molecule has 0 aliphatic heterocycles. The summed E-state index contributed by atoms with van der Waals surface area (Å²) in [5, 5.41) is 2.64. The number of halogens is 1. The Morgan fingerprint density at radius 2 is 1.85 bits per heavy atom. The van der Waals surface area contributed by atoms with E-state index in [1.54, 1.807) is 6.07 Å². The third-order valence-corrected chi connectivity index (χ3v) is 2.54. The fraction of sp³-hybridized carbons (Fsp3) is 0.0833. The molecule has 0 saturated heterocycles. The van der Waals surface area contributed by atoms with Crippen molar-refractivity contribution in [3.05, 3.63) is 35.0 Å². The van der Waals surface area contributed by atoms with E-state index in [9.17, 15) is 4.79 Å². The van der Waals surface area contributed by atoms with Crippen molar-refractivity contribution in [1.82, 2.24) is 9.97 Å². The first-order valence-electron chi connectivity index (χ1n) is 5.54. The number of rotatable bonds is 3. The number of methoxy groups -OCH3 is 1. The van der Waals surface area contributed by atoms with Gasteiger partial charge in [0.2, 0.25) is 11.8 Å². The van der Waals surface area contributed by atoms with Crippen LogP contribution in [0.4, 0.5) is 17.3 Å². The van der Waals surface area contributed by atoms with E-state index >= 15 is 0 Å². The minimum Gasteiger partial charge on any atom is -0.481 e. The monoisotopic (exact) mass is 293 g/mol. The Labute approximate surface area is 119 Å². The third kappa shape index (κ3) is 3.27. The lowest BCUT2D eigenvalue weighted by molar-refractivity contribution is 0.102. The first-order valence-corrected chi connectivity index (χ1v) is 5.91. The molecular formula is C12H12ClN5O2. The number of anilines is 3. The van der Waals surface area contributed by atoms with Gasteiger partial charge in [-0.1, -0.05) is 11.6 Å². The molecule has 8 heteroatoms. The van der Waals surface area contributed by atoms with Crippen molar-refractivity contribution in [2.75, 3.05) is 23.9 Å². The highest BCUT2D eigenvalue weighted by Gasteiger charge is 2.11. The molecule has 0 unspecified atom stereocenters. The van der Waals surface area contributed by atoms with Crippen molar-refractivity contribution in [2.24, 2.45) is 0 Å². The Morgan fingerprint density at radius 3 is 2.45 bits per heavy atom. The fourth-order valence-electron chi connectivity index (χ4n) is 1.54. The van der Waals surface area contributed by atoms with Gasteiger partial charge in [0.25, 0.3) is 5.91 Å². The highest BCUT2D eigenvalue weighted by molar-refractivity contribution is 6.29. The molecule has 1 aromatic carbocycles. The summed E-state index contributed by atoms with van der Waals surface area (Å²) in [6, 6.07) is 5.96. The van der Waals surface area contributed by atoms with Crippen molar-refractivity contribution >= 4 is 34.8 Å². The lowest BCUT2D eigenvalue weighted by Gasteiger charge is -2.07. The maximum absolute atomic E-state index is 12.0. The van der Waals surface area contributed by atoms with Gasteiger partial charge in [0.15, 0.2) is 0 Å². The quantitative estimate of drug-likeness (QED) is 0.584. The van der Waals surface area contributed by atoms with Gasteiger partial charge >= 0.3 is 0 Å². The van der Waals surface area contributed by atoms with Crippen LogP contribution < -0.4 is 21.5 Å². The minimum atomic E-state index is -0.451. The highest BCUT2D eigenvalue weighted by atomic mass is 35.5. The third-order valence-electron chi connectivity index (χ3n) is 2.35. The van der Waals surface area contributed by atoms with Crippen LogP contribution in [0.1, 0.15) is 10.4 Å². The summed E-state index contributed by atoms with van der Waals surface area (Å²) < 4.78 is 4.93. The van der Waals surface area contributed by atoms with Gasteiger partial charge in [-0.3, -0.25) is 10.1 Å². The number of amides is 1. The number of nitrogens with one attached hydrogen (secondary N) is 1. The molecule has 2 rings (SSSR count). The number of benzene rings is 1. The number of nitrogens with zero attached hydrogens (tertiary/aromatic N) is 2. The minimum absolute atomic E-state index is 0.0281. The zero-order valence-electron chi connectivity index (χ0n) is 10.6. The average molecular weight is 294 g/mol. The zero-order valence-corrected chi connectivity index (χ0v) is 11.3. The smallest absolute Gasteiger partial charge is 0.258 e. The molecule has 0 radical (unpaired) electrons. The van der Waals surface area contributed by atoms with Gasteiger partial charge < -0.3 is 16.2 Å². The van der Waals surface area contributed by atoms with Crippen LogP contribution in [0.2, 0.25) is 5.15 Å². The van der Waals surface area contributed by atoms with Crippen LogP contribution in [0.3, 0.4) is 0 Å². The standard InChI is InChI=1S/C12H12ClN5O2/c1-20-10-5-9(13)16-12(17-10)18-11(19)6-2-7(14)4-8(15)3-6/h2-5H,14-15H2,1H3,(H,16,17,18,19). The van der Waals surface area contributed by atoms with Gasteiger partial charge in [0, 0.05) is 23.0 Å². The van der Waals surface area contributed by atoms with Crippen molar-refractivity contribution in [3.8, 4) is 5.88 Å². The molecule has 2 aromatic rings. The molecule has 0 spiro atoms. The molecule has 0 fully saturated rings. The number of nitrogens with two attached hydrogens (primary N) is 2. The highest BCUT2D eigenvalue weighted by Crippen LogP contribution is 2.18. The van der Waals surface area contributed by atoms with Crippen LogP contribution in [0.5, 0.6) is 5.88 Å². The maximum Gasteiger partial charge on any atom is 0.258 e. The SMILES string of the molecule is COc1cc(Cl)nc(NC(=O)c2cc(N)cc(N)c2)n1. The second-order valence-electron chi connectivity index (χ2n) is 3.90. The average Bonchev–Trinajstić information content (AvgIpc) is 2.36. The lowest BCUT2D eigenvalue weighted by Crippen LogP contribution is -2.15. The van der Waals surface area contributed by atoms with E-state index in [0.29, 0.717) is 16.9 Å². The number of hydrogen-bond donors (Lipinski definition) is 3. The molecule has 1 aromatic heterocycles. The fourth-order valence-corrected chi connectivity index (χ4v) is 1.71. The summed E-state index contributed by atoms with van der Waals surface area (Å²) in [6.45, 7) is 0. The Hall–Kier alpha value is -2.54. The van der Waals surface area contributed by atoms with Gasteiger partial charge in [-0.15, -0.1) is 0 Å². The predicted octanol–water partition coefficient (Wildman–Crippen LogP) is 1.56. The summed E-state index contributed by atoms with van der Waals surface area (Å²) in [5.74, 6) is -0.180. The van der Waals surface area contributed by atoms with Crippen molar-refractivity contribution in [1.29, 1.82) is 0 Å². The number of ether oxygens (including phenoxy) is 1. The molecular weight excluding hydrogens is 282 g/mol. The van der Waals surface area contributed by atoms with E-state index < -0.39 is 5.91 Å². The molecule has 1 amide bonds. The Bertz CT molecular complexity index is 642. The Balaban J connectivity index is 2.25. The maximum atomic E-state index is 12.0. The summed E-state index contributed by atoms with van der Waals surface area (Å²) in [6.07, 6.45) is 0. The summed E-state index contributed by atoms with van der Waals surface area (Å²) in [5.41, 5.74) is 12.3. The molecule has 7 nitrogen and oxygen atoms in total. The molecule has 20 heavy (non-hydrogen) atoms. The van der Waals surface area contributed by atoms with Crippen LogP contribution in [0.15, 0.2) is 24.3 Å². The zero-order chi connectivity index (χ0) is 14.7. The largest absolute Gasteiger partial charge is 0.481 e. The van der Waals surface area contributed by atoms with E-state index in [0.717, 1.165) is 0 Å². The van der Waals surface area contributed by atoms with Crippen LogP contribution in [-0.4, -0.2) is 23.0 Å². The second-order valence-corrected chi connectivity index (χ2v) is 4.29. The van der Waals surface area contributed by atoms with Crippen LogP contribution >= 0.6 is 11.6 Å². The second kappa shape index (κ2) is 5.62. The molecule has 0 aliphatic carbocycles. The van der Waals surface area contributed by atoms with E-state index in [2.05, 4.69) is 15.3 Å². The number of carbonyl (C=O) groups is 1. The summed E-state index contributed by atoms with van der Waals surface area (Å²) >= 11 is 5.79. The number of aromatic nitrogens is 2. The topological polar surface area (TPSA) is 116 Å². The van der Waals surface area contributed by atoms with Crippen molar-refractivity contribution < 1.29 is 9.53 Å². The van der Waals surface area contributed by atoms with Crippen LogP contribution in [0, 0.1) is 0 Å². The first kappa shape index (κ1) is 13.9. The molecule has 1 heterocycles. The first-order chi connectivity index (χ1) is 9.47. The Kier molecular flexibility index (Phi) is 3.90. The Morgan fingerprint density at radius 1 is 1.20 bits per heavy atom. The predicted molar refractivity (Wildman–Crippen MR) is 76.8 cm³/mol. The van der Waals surface area contributed by atoms with Gasteiger partial charge in [-0.05, 0) is 18.2 Å². The molecule has 0 saturated carbocycles. The normalized spacial score (nSPS) is 10.1.